The van der Waals surface area contributed by atoms with Gasteiger partial charge in [-0.15, -0.1) is 10.5 Å². The molecule has 0 aliphatic heterocycles. The van der Waals surface area contributed by atoms with E-state index in [9.17, 15) is 0 Å². The van der Waals surface area contributed by atoms with Gasteiger partial charge >= 0.3 is 0 Å². The Bertz CT molecular complexity index is 454. The third-order valence-electron chi connectivity index (χ3n) is 2.33. The summed E-state index contributed by atoms with van der Waals surface area (Å²) in [6.45, 7) is 2.10. The molecule has 0 amide bonds. The van der Waals surface area contributed by atoms with E-state index in [0.29, 0.717) is 0 Å². The maximum Gasteiger partial charge on any atom is 0.00565 e. The SMILES string of the molecule is C=S(c1ccccc1)c1ccc(C)cc1. The lowest BCUT2D eigenvalue weighted by atomic mass is 10.2. The van der Waals surface area contributed by atoms with Gasteiger partial charge in [0.15, 0.2) is 0 Å². The van der Waals surface area contributed by atoms with Crippen molar-refractivity contribution >= 4 is 16.4 Å². The van der Waals surface area contributed by atoms with E-state index >= 15 is 0 Å². The Morgan fingerprint density at radius 2 is 1.33 bits per heavy atom. The van der Waals surface area contributed by atoms with Crippen molar-refractivity contribution in [2.24, 2.45) is 0 Å². The quantitative estimate of drug-likeness (QED) is 0.660. The van der Waals surface area contributed by atoms with E-state index in [1.807, 2.05) is 6.07 Å². The second-order valence-corrected chi connectivity index (χ2v) is 5.24. The summed E-state index contributed by atoms with van der Waals surface area (Å²) in [5, 5.41) is 0. The van der Waals surface area contributed by atoms with E-state index in [-0.39, 0.29) is 10.5 Å². The summed E-state index contributed by atoms with van der Waals surface area (Å²) in [6.07, 6.45) is 0. The van der Waals surface area contributed by atoms with Crippen LogP contribution in [0, 0.1) is 6.92 Å². The highest BCUT2D eigenvalue weighted by atomic mass is 32.2. The highest BCUT2D eigenvalue weighted by Crippen LogP contribution is 2.33. The van der Waals surface area contributed by atoms with Gasteiger partial charge in [-0.25, -0.2) is 0 Å². The van der Waals surface area contributed by atoms with E-state index in [0.717, 1.165) is 0 Å². The molecule has 0 saturated heterocycles. The van der Waals surface area contributed by atoms with Crippen molar-refractivity contribution in [3.05, 3.63) is 60.2 Å². The van der Waals surface area contributed by atoms with Crippen LogP contribution in [0.15, 0.2) is 64.4 Å². The van der Waals surface area contributed by atoms with Crippen molar-refractivity contribution in [1.29, 1.82) is 0 Å². The molecule has 0 fully saturated rings. The summed E-state index contributed by atoms with van der Waals surface area (Å²) in [5.41, 5.74) is 1.30. The van der Waals surface area contributed by atoms with Crippen LogP contribution in [-0.4, -0.2) is 5.87 Å². The average Bonchev–Trinajstić information content (AvgIpc) is 2.30. The van der Waals surface area contributed by atoms with Crippen molar-refractivity contribution in [1.82, 2.24) is 0 Å². The first-order valence-corrected chi connectivity index (χ1v) is 6.32. The number of aryl methyl sites for hydroxylation is 1. The Kier molecular flexibility index (Phi) is 3.02. The largest absolute Gasteiger partial charge is 0.131 e. The first kappa shape index (κ1) is 10.2. The van der Waals surface area contributed by atoms with Crippen LogP contribution in [0.2, 0.25) is 0 Å². The molecule has 2 aromatic carbocycles. The number of benzene rings is 2. The van der Waals surface area contributed by atoms with Crippen LogP contribution in [-0.2, 0) is 0 Å². The lowest BCUT2D eigenvalue weighted by Gasteiger charge is -2.07. The third kappa shape index (κ3) is 2.37. The molecule has 15 heavy (non-hydrogen) atoms. The smallest absolute Gasteiger partial charge is 0.00565 e. The molecule has 0 spiro atoms. The zero-order chi connectivity index (χ0) is 10.7. The molecule has 0 nitrogen and oxygen atoms in total. The van der Waals surface area contributed by atoms with Gasteiger partial charge in [-0.3, -0.25) is 0 Å². The Hall–Kier alpha value is -1.34. The van der Waals surface area contributed by atoms with E-state index in [4.69, 9.17) is 0 Å². The average molecular weight is 214 g/mol. The maximum atomic E-state index is 4.24. The number of hydrogen-bond donors (Lipinski definition) is 0. The number of rotatable bonds is 2. The van der Waals surface area contributed by atoms with Crippen molar-refractivity contribution in [2.75, 3.05) is 0 Å². The summed E-state index contributed by atoms with van der Waals surface area (Å²) < 4.78 is 0. The molecular weight excluding hydrogens is 200 g/mol. The van der Waals surface area contributed by atoms with Crippen molar-refractivity contribution in [2.45, 2.75) is 16.7 Å². The lowest BCUT2D eigenvalue weighted by Crippen LogP contribution is -1.78. The van der Waals surface area contributed by atoms with Crippen LogP contribution >= 0.6 is 10.5 Å². The molecule has 0 aliphatic carbocycles. The Labute approximate surface area is 93.5 Å². The fraction of sp³-hybridized carbons (Fsp3) is 0.0714. The van der Waals surface area contributed by atoms with E-state index in [1.54, 1.807) is 0 Å². The minimum Gasteiger partial charge on any atom is -0.131 e. The molecule has 1 atom stereocenters. The van der Waals surface area contributed by atoms with E-state index in [2.05, 4.69) is 61.3 Å². The topological polar surface area (TPSA) is 0 Å². The van der Waals surface area contributed by atoms with Gasteiger partial charge in [-0.05, 0) is 31.2 Å². The molecule has 0 heterocycles. The Morgan fingerprint density at radius 1 is 0.800 bits per heavy atom. The number of hydrogen-bond acceptors (Lipinski definition) is 0. The van der Waals surface area contributed by atoms with Gasteiger partial charge in [0.05, 0.1) is 0 Å². The normalized spacial score (nSPS) is 12.3. The van der Waals surface area contributed by atoms with Gasteiger partial charge in [0.2, 0.25) is 0 Å². The molecular formula is C14H14S. The van der Waals surface area contributed by atoms with Crippen LogP contribution < -0.4 is 0 Å². The predicted molar refractivity (Wildman–Crippen MR) is 68.9 cm³/mol. The Balaban J connectivity index is 2.33. The van der Waals surface area contributed by atoms with Crippen molar-refractivity contribution in [3.63, 3.8) is 0 Å². The first-order valence-electron chi connectivity index (χ1n) is 4.93. The van der Waals surface area contributed by atoms with Crippen LogP contribution in [0.1, 0.15) is 5.56 Å². The molecule has 0 N–H and O–H groups in total. The predicted octanol–water partition coefficient (Wildman–Crippen LogP) is 4.11. The van der Waals surface area contributed by atoms with Gasteiger partial charge in [0.1, 0.15) is 0 Å². The minimum atomic E-state index is -0.0551. The van der Waals surface area contributed by atoms with E-state index in [1.165, 1.54) is 15.4 Å². The summed E-state index contributed by atoms with van der Waals surface area (Å²) in [7, 11) is -0.0551. The van der Waals surface area contributed by atoms with Gasteiger partial charge < -0.3 is 0 Å². The highest BCUT2D eigenvalue weighted by molar-refractivity contribution is 8.14. The van der Waals surface area contributed by atoms with Gasteiger partial charge in [0, 0.05) is 9.79 Å². The third-order valence-corrected chi connectivity index (χ3v) is 4.02. The van der Waals surface area contributed by atoms with Crippen molar-refractivity contribution < 1.29 is 0 Å². The molecule has 2 rings (SSSR count). The fourth-order valence-electron chi connectivity index (χ4n) is 1.42. The van der Waals surface area contributed by atoms with Gasteiger partial charge in [0.25, 0.3) is 0 Å². The van der Waals surface area contributed by atoms with Gasteiger partial charge in [-0.2, -0.15) is 0 Å². The monoisotopic (exact) mass is 214 g/mol. The summed E-state index contributed by atoms with van der Waals surface area (Å²) in [6, 6.07) is 19.1. The molecule has 0 aliphatic rings. The molecule has 76 valence electrons. The highest BCUT2D eigenvalue weighted by Gasteiger charge is 1.98. The second-order valence-electron chi connectivity index (χ2n) is 3.52. The van der Waals surface area contributed by atoms with Crippen LogP contribution in [0.3, 0.4) is 0 Å². The lowest BCUT2D eigenvalue weighted by molar-refractivity contribution is 1.36. The second kappa shape index (κ2) is 4.45. The molecule has 0 radical (unpaired) electrons. The van der Waals surface area contributed by atoms with Crippen LogP contribution in [0.5, 0.6) is 0 Å². The molecule has 1 unspecified atom stereocenters. The molecule has 0 bridgehead atoms. The van der Waals surface area contributed by atoms with Crippen LogP contribution in [0.25, 0.3) is 0 Å². The summed E-state index contributed by atoms with van der Waals surface area (Å²) in [4.78, 5) is 2.59. The molecule has 0 aromatic heterocycles. The zero-order valence-electron chi connectivity index (χ0n) is 8.81. The maximum absolute atomic E-state index is 4.24. The fourth-order valence-corrected chi connectivity index (χ4v) is 2.65. The molecule has 2 aromatic rings. The summed E-state index contributed by atoms with van der Waals surface area (Å²) >= 11 is 0. The Morgan fingerprint density at radius 3 is 1.93 bits per heavy atom. The van der Waals surface area contributed by atoms with Crippen LogP contribution in [0.4, 0.5) is 0 Å². The van der Waals surface area contributed by atoms with E-state index < -0.39 is 0 Å². The van der Waals surface area contributed by atoms with Gasteiger partial charge in [-0.1, -0.05) is 41.8 Å². The molecule has 0 saturated carbocycles. The summed E-state index contributed by atoms with van der Waals surface area (Å²) in [5.74, 6) is 4.24. The molecule has 1 heteroatoms. The first-order chi connectivity index (χ1) is 7.27. The van der Waals surface area contributed by atoms with Crippen molar-refractivity contribution in [3.8, 4) is 0 Å². The minimum absolute atomic E-state index is 0.0551. The zero-order valence-corrected chi connectivity index (χ0v) is 9.63. The standard InChI is InChI=1S/C14H14S/c1-12-8-10-14(11-9-12)15(2)13-6-4-3-5-7-13/h3-11H,2H2,1H3.